The van der Waals surface area contributed by atoms with Crippen molar-refractivity contribution in [1.82, 2.24) is 5.48 Å². The fourth-order valence-electron chi connectivity index (χ4n) is 1.35. The normalized spacial score (nSPS) is 23.3. The van der Waals surface area contributed by atoms with Gasteiger partial charge >= 0.3 is 5.97 Å². The number of hydrogen-bond donors (Lipinski definition) is 1. The maximum atomic E-state index is 12.0. The lowest BCUT2D eigenvalue weighted by Gasteiger charge is -2.38. The van der Waals surface area contributed by atoms with Gasteiger partial charge < -0.3 is 9.16 Å². The number of hydrogen-bond acceptors (Lipinski definition) is 5. The molecule has 0 radical (unpaired) electrons. The van der Waals surface area contributed by atoms with Crippen molar-refractivity contribution in [3.05, 3.63) is 12.3 Å². The summed E-state index contributed by atoms with van der Waals surface area (Å²) in [4.78, 5) is 17.4. The molecule has 1 aliphatic rings. The van der Waals surface area contributed by atoms with E-state index in [0.29, 0.717) is 6.61 Å². The van der Waals surface area contributed by atoms with E-state index in [2.05, 4.69) is 39.3 Å². The Balaban J connectivity index is 2.77. The van der Waals surface area contributed by atoms with Crippen molar-refractivity contribution in [3.63, 3.8) is 0 Å². The number of nitrogens with one attached hydrogen (secondary N) is 1. The van der Waals surface area contributed by atoms with E-state index in [1.807, 2.05) is 0 Å². The predicted molar refractivity (Wildman–Crippen MR) is 75.9 cm³/mol. The van der Waals surface area contributed by atoms with Crippen LogP contribution >= 0.6 is 0 Å². The molecule has 1 aliphatic heterocycles. The fourth-order valence-corrected chi connectivity index (χ4v) is 2.35. The molecule has 0 aromatic heterocycles. The molecule has 0 spiro atoms. The monoisotopic (exact) mass is 287 g/mol. The van der Waals surface area contributed by atoms with E-state index in [1.165, 1.54) is 0 Å². The smallest absolute Gasteiger partial charge is 0.347 e. The Labute approximate surface area is 116 Å². The van der Waals surface area contributed by atoms with Crippen LogP contribution < -0.4 is 5.48 Å². The number of carbonyl (C=O) groups is 1. The van der Waals surface area contributed by atoms with Crippen molar-refractivity contribution < 1.29 is 18.8 Å². The Kier molecular flexibility index (Phi) is 4.81. The molecule has 0 fully saturated rings. The van der Waals surface area contributed by atoms with E-state index < -0.39 is 19.9 Å². The summed E-state index contributed by atoms with van der Waals surface area (Å²) in [5.41, 5.74) is 1.42. The maximum Gasteiger partial charge on any atom is 0.347 e. The van der Waals surface area contributed by atoms with Crippen LogP contribution in [0.15, 0.2) is 12.3 Å². The lowest BCUT2D eigenvalue weighted by atomic mass is 10.1. The Morgan fingerprint density at radius 1 is 1.42 bits per heavy atom. The van der Waals surface area contributed by atoms with Crippen LogP contribution in [-0.2, 0) is 18.8 Å². The van der Waals surface area contributed by atoms with E-state index in [1.54, 1.807) is 19.2 Å². The van der Waals surface area contributed by atoms with Gasteiger partial charge in [-0.25, -0.2) is 4.79 Å². The van der Waals surface area contributed by atoms with Crippen LogP contribution in [0.5, 0.6) is 0 Å². The second-order valence-electron chi connectivity index (χ2n) is 6.21. The lowest BCUT2D eigenvalue weighted by Crippen LogP contribution is -2.50. The zero-order chi connectivity index (χ0) is 14.7. The summed E-state index contributed by atoms with van der Waals surface area (Å²) in [6, 6.07) is 0. The summed E-state index contributed by atoms with van der Waals surface area (Å²) >= 11 is 0. The third-order valence-corrected chi connectivity index (χ3v) is 8.21. The van der Waals surface area contributed by atoms with E-state index >= 15 is 0 Å². The van der Waals surface area contributed by atoms with Crippen LogP contribution in [0.1, 0.15) is 27.7 Å². The maximum absolute atomic E-state index is 12.0. The van der Waals surface area contributed by atoms with Crippen LogP contribution in [0, 0.1) is 0 Å². The molecular formula is C13H25NO4Si. The SMILES string of the molecule is CCOC(=O)C1(CO[Si](C)(C)C(C)(C)C)C=CNO1. The van der Waals surface area contributed by atoms with Gasteiger partial charge in [-0.3, -0.25) is 10.3 Å². The van der Waals surface area contributed by atoms with Gasteiger partial charge in [-0.2, -0.15) is 0 Å². The first-order valence-electron chi connectivity index (χ1n) is 6.57. The number of esters is 1. The fraction of sp³-hybridized carbons (Fsp3) is 0.769. The summed E-state index contributed by atoms with van der Waals surface area (Å²) < 4.78 is 11.1. The van der Waals surface area contributed by atoms with Crippen LogP contribution in [-0.4, -0.2) is 33.1 Å². The van der Waals surface area contributed by atoms with Crippen molar-refractivity contribution in [2.75, 3.05) is 13.2 Å². The zero-order valence-corrected chi connectivity index (χ0v) is 13.7. The van der Waals surface area contributed by atoms with Gasteiger partial charge in [0.15, 0.2) is 8.32 Å². The Morgan fingerprint density at radius 2 is 2.05 bits per heavy atom. The predicted octanol–water partition coefficient (Wildman–Crippen LogP) is 2.36. The van der Waals surface area contributed by atoms with Gasteiger partial charge in [0.2, 0.25) is 5.60 Å². The second-order valence-corrected chi connectivity index (χ2v) is 11.0. The van der Waals surface area contributed by atoms with Gasteiger partial charge in [0, 0.05) is 6.20 Å². The topological polar surface area (TPSA) is 56.8 Å². The van der Waals surface area contributed by atoms with Gasteiger partial charge in [-0.1, -0.05) is 20.8 Å². The summed E-state index contributed by atoms with van der Waals surface area (Å²) in [6.45, 7) is 13.0. The van der Waals surface area contributed by atoms with Crippen LogP contribution in [0.4, 0.5) is 0 Å². The number of hydroxylamine groups is 1. The van der Waals surface area contributed by atoms with Crippen LogP contribution in [0.2, 0.25) is 18.1 Å². The molecule has 1 unspecified atom stereocenters. The van der Waals surface area contributed by atoms with Gasteiger partial charge in [0.25, 0.3) is 0 Å². The number of carbonyl (C=O) groups excluding carboxylic acids is 1. The minimum atomic E-state index is -1.94. The van der Waals surface area contributed by atoms with Gasteiger partial charge in [-0.05, 0) is 31.1 Å². The van der Waals surface area contributed by atoms with E-state index in [0.717, 1.165) is 0 Å². The van der Waals surface area contributed by atoms with Crippen molar-refractivity contribution in [2.24, 2.45) is 0 Å². The van der Waals surface area contributed by atoms with Crippen molar-refractivity contribution in [3.8, 4) is 0 Å². The molecule has 1 rings (SSSR count). The van der Waals surface area contributed by atoms with Gasteiger partial charge in [0.05, 0.1) is 13.2 Å². The summed E-state index contributed by atoms with van der Waals surface area (Å²) in [6.07, 6.45) is 3.24. The second kappa shape index (κ2) is 5.64. The molecule has 1 heterocycles. The molecule has 5 nitrogen and oxygen atoms in total. The molecule has 0 saturated heterocycles. The first-order valence-corrected chi connectivity index (χ1v) is 9.48. The third-order valence-electron chi connectivity index (χ3n) is 3.74. The highest BCUT2D eigenvalue weighted by atomic mass is 28.4. The molecule has 6 heteroatoms. The van der Waals surface area contributed by atoms with Crippen molar-refractivity contribution >= 4 is 14.3 Å². The largest absolute Gasteiger partial charge is 0.463 e. The van der Waals surface area contributed by atoms with E-state index in [9.17, 15) is 4.79 Å². The van der Waals surface area contributed by atoms with Gasteiger partial charge in [-0.15, -0.1) is 0 Å². The average Bonchev–Trinajstić information content (AvgIpc) is 2.75. The molecule has 0 aliphatic carbocycles. The van der Waals surface area contributed by atoms with E-state index in [4.69, 9.17) is 14.0 Å². The highest BCUT2D eigenvalue weighted by molar-refractivity contribution is 6.74. The van der Waals surface area contributed by atoms with Crippen molar-refractivity contribution in [1.29, 1.82) is 0 Å². The van der Waals surface area contributed by atoms with Gasteiger partial charge in [0.1, 0.15) is 0 Å². The Morgan fingerprint density at radius 3 is 2.47 bits per heavy atom. The van der Waals surface area contributed by atoms with E-state index in [-0.39, 0.29) is 11.6 Å². The third kappa shape index (κ3) is 3.58. The molecule has 0 saturated carbocycles. The summed E-state index contributed by atoms with van der Waals surface area (Å²) in [5, 5.41) is 0.0819. The minimum absolute atomic E-state index is 0.0819. The zero-order valence-electron chi connectivity index (χ0n) is 12.7. The first-order chi connectivity index (χ1) is 8.65. The molecule has 19 heavy (non-hydrogen) atoms. The molecular weight excluding hydrogens is 262 g/mol. The molecule has 110 valence electrons. The molecule has 0 aromatic carbocycles. The molecule has 0 bridgehead atoms. The first kappa shape index (κ1) is 16.2. The average molecular weight is 287 g/mol. The Bertz CT molecular complexity index is 362. The number of ether oxygens (including phenoxy) is 1. The van der Waals surface area contributed by atoms with Crippen molar-refractivity contribution in [2.45, 2.75) is 51.4 Å². The van der Waals surface area contributed by atoms with Crippen LogP contribution in [0.3, 0.4) is 0 Å². The molecule has 0 aromatic rings. The molecule has 0 amide bonds. The molecule has 1 atom stereocenters. The number of rotatable bonds is 5. The van der Waals surface area contributed by atoms with Crippen LogP contribution in [0.25, 0.3) is 0 Å². The quantitative estimate of drug-likeness (QED) is 0.621. The Hall–Kier alpha value is -0.853. The lowest BCUT2D eigenvalue weighted by molar-refractivity contribution is -0.172. The highest BCUT2D eigenvalue weighted by Gasteiger charge is 2.46. The summed E-state index contributed by atoms with van der Waals surface area (Å²) in [7, 11) is -1.94. The minimum Gasteiger partial charge on any atom is -0.463 e. The standard InChI is InChI=1S/C13H25NO4Si/c1-7-16-11(15)13(8-9-14-18-13)10-17-19(5,6)12(2,3)4/h8-9,14H,7,10H2,1-6H3. The molecule has 1 N–H and O–H groups in total. The highest BCUT2D eigenvalue weighted by Crippen LogP contribution is 2.37. The summed E-state index contributed by atoms with van der Waals surface area (Å²) in [5.74, 6) is -0.421.